The number of hydrazine groups is 1. The molecule has 0 fully saturated rings. The Morgan fingerprint density at radius 3 is 2.42 bits per heavy atom. The molecule has 12 heteroatoms. The van der Waals surface area contributed by atoms with E-state index in [4.69, 9.17) is 16.7 Å². The molecule has 0 aliphatic carbocycles. The molecule has 0 radical (unpaired) electrons. The molecule has 10 nitrogen and oxygen atoms in total. The largest absolute Gasteiger partial charge is 0.464 e. The highest BCUT2D eigenvalue weighted by Crippen LogP contribution is 2.09. The number of nitrogens with one attached hydrogen (secondary N) is 2. The Morgan fingerprint density at radius 1 is 1.33 bits per heavy atom. The number of anilines is 1. The number of aromatic nitrogens is 1. The molecule has 1 aromatic heterocycles. The zero-order chi connectivity index (χ0) is 18.5. The van der Waals surface area contributed by atoms with Crippen molar-refractivity contribution >= 4 is 45.2 Å². The van der Waals surface area contributed by atoms with E-state index in [0.717, 1.165) is 6.26 Å². The molecule has 1 rings (SSSR count). The summed E-state index contributed by atoms with van der Waals surface area (Å²) in [4.78, 5) is 38.4. The van der Waals surface area contributed by atoms with Crippen LogP contribution in [-0.4, -0.2) is 59.5 Å². The Morgan fingerprint density at radius 2 is 1.96 bits per heavy atom. The van der Waals surface area contributed by atoms with Gasteiger partial charge in [-0.15, -0.1) is 0 Å². The highest BCUT2D eigenvalue weighted by atomic mass is 35.5. The van der Waals surface area contributed by atoms with Crippen LogP contribution in [0.1, 0.15) is 6.92 Å². The lowest BCUT2D eigenvalue weighted by atomic mass is 10.4. The average molecular weight is 379 g/mol. The van der Waals surface area contributed by atoms with Crippen molar-refractivity contribution in [1.29, 1.82) is 0 Å². The van der Waals surface area contributed by atoms with Gasteiger partial charge in [0.15, 0.2) is 0 Å². The summed E-state index contributed by atoms with van der Waals surface area (Å²) in [5, 5.41) is 11.9. The number of pyridine rings is 1. The van der Waals surface area contributed by atoms with E-state index in [-0.39, 0.29) is 5.82 Å². The van der Waals surface area contributed by atoms with Crippen molar-refractivity contribution < 1.29 is 27.9 Å². The maximum atomic E-state index is 11.8. The zero-order valence-corrected chi connectivity index (χ0v) is 14.3. The molecule has 1 heterocycles. The van der Waals surface area contributed by atoms with E-state index in [0.29, 0.717) is 10.0 Å². The maximum absolute atomic E-state index is 11.8. The third-order valence-corrected chi connectivity index (χ3v) is 3.90. The molecule has 0 aliphatic heterocycles. The smallest absolute Gasteiger partial charge is 0.426 e. The second kappa shape index (κ2) is 7.93. The van der Waals surface area contributed by atoms with Gasteiger partial charge in [0, 0.05) is 12.5 Å². The number of amides is 3. The minimum atomic E-state index is -3.49. The Bertz CT molecular complexity index is 736. The van der Waals surface area contributed by atoms with Gasteiger partial charge in [-0.05, 0) is 19.1 Å². The first-order chi connectivity index (χ1) is 11.0. The van der Waals surface area contributed by atoms with E-state index >= 15 is 0 Å². The highest BCUT2D eigenvalue weighted by molar-refractivity contribution is 7.90. The van der Waals surface area contributed by atoms with Gasteiger partial charge in [-0.2, -0.15) is 0 Å². The lowest BCUT2D eigenvalue weighted by molar-refractivity contribution is -0.139. The lowest BCUT2D eigenvalue weighted by Gasteiger charge is -2.25. The van der Waals surface area contributed by atoms with Crippen LogP contribution in [0.25, 0.3) is 0 Å². The number of sulfone groups is 1. The normalized spacial score (nSPS) is 12.1. The quantitative estimate of drug-likeness (QED) is 0.498. The number of carbonyl (C=O) groups excluding carboxylic acids is 2. The topological polar surface area (TPSA) is 146 Å². The van der Waals surface area contributed by atoms with Gasteiger partial charge in [-0.3, -0.25) is 15.0 Å². The number of hydrogen-bond donors (Lipinski definition) is 3. The molecular weight excluding hydrogens is 364 g/mol. The molecule has 1 aromatic rings. The van der Waals surface area contributed by atoms with Crippen LogP contribution in [0.2, 0.25) is 5.02 Å². The van der Waals surface area contributed by atoms with E-state index < -0.39 is 39.5 Å². The Balaban J connectivity index is 2.75. The van der Waals surface area contributed by atoms with Crippen LogP contribution < -0.4 is 10.7 Å². The van der Waals surface area contributed by atoms with E-state index in [9.17, 15) is 22.8 Å². The molecule has 0 saturated carbocycles. The van der Waals surface area contributed by atoms with Gasteiger partial charge in [0.05, 0.1) is 16.8 Å². The van der Waals surface area contributed by atoms with Crippen molar-refractivity contribution in [2.45, 2.75) is 13.0 Å². The number of hydrogen-bond acceptors (Lipinski definition) is 6. The van der Waals surface area contributed by atoms with Crippen LogP contribution >= 0.6 is 11.6 Å². The van der Waals surface area contributed by atoms with Gasteiger partial charge in [-0.1, -0.05) is 11.6 Å². The number of halogens is 1. The van der Waals surface area contributed by atoms with Crippen molar-refractivity contribution in [3.05, 3.63) is 23.4 Å². The summed E-state index contributed by atoms with van der Waals surface area (Å²) < 4.78 is 22.5. The molecule has 0 bridgehead atoms. The standard InChI is InChI=1S/C12H15ClN4O6S/c1-7(6-24(2,22)23)17(12(20)21)16-11(19)10(18)15-9-4-3-8(13)5-14-9/h3-5,7H,6H2,1-2H3,(H,16,19)(H,20,21)(H,14,15,18). The van der Waals surface area contributed by atoms with Gasteiger partial charge in [0.2, 0.25) is 0 Å². The number of carbonyl (C=O) groups is 3. The van der Waals surface area contributed by atoms with Crippen LogP contribution in [-0.2, 0) is 19.4 Å². The van der Waals surface area contributed by atoms with Crippen LogP contribution in [0.5, 0.6) is 0 Å². The van der Waals surface area contributed by atoms with Crippen molar-refractivity contribution in [3.63, 3.8) is 0 Å². The molecule has 24 heavy (non-hydrogen) atoms. The van der Waals surface area contributed by atoms with Crippen LogP contribution in [0.4, 0.5) is 10.6 Å². The molecule has 3 amide bonds. The monoisotopic (exact) mass is 378 g/mol. The number of rotatable bonds is 4. The van der Waals surface area contributed by atoms with Gasteiger partial charge >= 0.3 is 17.9 Å². The summed E-state index contributed by atoms with van der Waals surface area (Å²) in [5.41, 5.74) is 1.83. The molecule has 3 N–H and O–H groups in total. The molecule has 0 spiro atoms. The molecular formula is C12H15ClN4O6S. The Kier molecular flexibility index (Phi) is 6.49. The first-order valence-electron chi connectivity index (χ1n) is 6.43. The zero-order valence-electron chi connectivity index (χ0n) is 12.7. The first kappa shape index (κ1) is 19.6. The van der Waals surface area contributed by atoms with Crippen LogP contribution in [0, 0.1) is 0 Å². The van der Waals surface area contributed by atoms with Crippen molar-refractivity contribution in [3.8, 4) is 0 Å². The van der Waals surface area contributed by atoms with E-state index in [1.807, 2.05) is 5.43 Å². The summed E-state index contributed by atoms with van der Waals surface area (Å²) in [6.07, 6.45) is 0.550. The SMILES string of the molecule is CC(CS(C)(=O)=O)N(NC(=O)C(=O)Nc1ccc(Cl)cn1)C(=O)O. The summed E-state index contributed by atoms with van der Waals surface area (Å²) in [6, 6.07) is 1.68. The van der Waals surface area contributed by atoms with Crippen LogP contribution in [0.3, 0.4) is 0 Å². The summed E-state index contributed by atoms with van der Waals surface area (Å²) in [7, 11) is -3.49. The highest BCUT2D eigenvalue weighted by Gasteiger charge is 2.27. The Labute approximate surface area is 142 Å². The summed E-state index contributed by atoms with van der Waals surface area (Å²) in [6.45, 7) is 1.27. The first-order valence-corrected chi connectivity index (χ1v) is 8.87. The molecule has 0 aromatic carbocycles. The number of carboxylic acid groups (broad SMARTS) is 1. The van der Waals surface area contributed by atoms with E-state index in [2.05, 4.69) is 10.3 Å². The molecule has 1 atom stereocenters. The number of nitrogens with zero attached hydrogens (tertiary/aromatic N) is 2. The molecule has 0 saturated heterocycles. The van der Waals surface area contributed by atoms with E-state index in [1.165, 1.54) is 25.3 Å². The fourth-order valence-electron chi connectivity index (χ4n) is 1.64. The van der Waals surface area contributed by atoms with Crippen molar-refractivity contribution in [1.82, 2.24) is 15.4 Å². The minimum Gasteiger partial charge on any atom is -0.464 e. The summed E-state index contributed by atoms with van der Waals surface area (Å²) >= 11 is 5.63. The predicted octanol–water partition coefficient (Wildman–Crippen LogP) is 0.118. The summed E-state index contributed by atoms with van der Waals surface area (Å²) in [5.74, 6) is -2.97. The Hall–Kier alpha value is -2.40. The van der Waals surface area contributed by atoms with Gasteiger partial charge in [0.25, 0.3) is 0 Å². The second-order valence-corrected chi connectivity index (χ2v) is 7.47. The van der Waals surface area contributed by atoms with Crippen LogP contribution in [0.15, 0.2) is 18.3 Å². The van der Waals surface area contributed by atoms with Crippen molar-refractivity contribution in [2.75, 3.05) is 17.3 Å². The molecule has 132 valence electrons. The lowest BCUT2D eigenvalue weighted by Crippen LogP contribution is -2.54. The average Bonchev–Trinajstić information content (AvgIpc) is 2.44. The predicted molar refractivity (Wildman–Crippen MR) is 85.1 cm³/mol. The fraction of sp³-hybridized carbons (Fsp3) is 0.333. The third kappa shape index (κ3) is 6.38. The third-order valence-electron chi connectivity index (χ3n) is 2.59. The maximum Gasteiger partial charge on any atom is 0.426 e. The second-order valence-electron chi connectivity index (χ2n) is 4.85. The molecule has 0 aliphatic rings. The van der Waals surface area contributed by atoms with Gasteiger partial charge in [0.1, 0.15) is 15.7 Å². The molecule has 1 unspecified atom stereocenters. The fourth-order valence-corrected chi connectivity index (χ4v) is 2.78. The minimum absolute atomic E-state index is 0.0330. The van der Waals surface area contributed by atoms with Crippen molar-refractivity contribution in [2.24, 2.45) is 0 Å². The van der Waals surface area contributed by atoms with Gasteiger partial charge in [-0.25, -0.2) is 23.2 Å². The van der Waals surface area contributed by atoms with Gasteiger partial charge < -0.3 is 10.4 Å². The van der Waals surface area contributed by atoms with E-state index in [1.54, 1.807) is 0 Å².